The van der Waals surface area contributed by atoms with Crippen molar-refractivity contribution in [2.75, 3.05) is 31.6 Å². The summed E-state index contributed by atoms with van der Waals surface area (Å²) >= 11 is 0. The van der Waals surface area contributed by atoms with Crippen LogP contribution < -0.4 is 10.6 Å². The third kappa shape index (κ3) is 3.81. The van der Waals surface area contributed by atoms with E-state index >= 15 is 0 Å². The molecule has 1 atom stereocenters. The molecule has 1 aromatic carbocycles. The van der Waals surface area contributed by atoms with Crippen molar-refractivity contribution in [2.45, 2.75) is 31.7 Å². The predicted octanol–water partition coefficient (Wildman–Crippen LogP) is 1.85. The number of amides is 1. The molecule has 2 rings (SSSR count). The lowest BCUT2D eigenvalue weighted by molar-refractivity contribution is -0.120. The smallest absolute Gasteiger partial charge is 0.240 e. The molecule has 20 heavy (non-hydrogen) atoms. The van der Waals surface area contributed by atoms with Crippen molar-refractivity contribution >= 4 is 11.6 Å². The zero-order valence-corrected chi connectivity index (χ0v) is 12.3. The molecule has 0 aromatic heterocycles. The van der Waals surface area contributed by atoms with E-state index in [1.165, 1.54) is 19.3 Å². The lowest BCUT2D eigenvalue weighted by Gasteiger charge is -2.36. The van der Waals surface area contributed by atoms with Gasteiger partial charge in [-0.15, -0.1) is 0 Å². The molecule has 1 aliphatic rings. The van der Waals surface area contributed by atoms with E-state index in [-0.39, 0.29) is 5.91 Å². The van der Waals surface area contributed by atoms with Crippen LogP contribution in [0.1, 0.15) is 25.7 Å². The SMILES string of the molecule is CN(C(=O)CN1CCCCC1CCN)c1ccccc1. The van der Waals surface area contributed by atoms with E-state index in [1.807, 2.05) is 37.4 Å². The van der Waals surface area contributed by atoms with E-state index in [4.69, 9.17) is 5.73 Å². The van der Waals surface area contributed by atoms with Gasteiger partial charge < -0.3 is 10.6 Å². The highest BCUT2D eigenvalue weighted by atomic mass is 16.2. The Balaban J connectivity index is 1.95. The molecule has 1 saturated heterocycles. The topological polar surface area (TPSA) is 49.6 Å². The second-order valence-corrected chi connectivity index (χ2v) is 5.49. The summed E-state index contributed by atoms with van der Waals surface area (Å²) in [5.41, 5.74) is 6.63. The Morgan fingerprint density at radius 3 is 2.80 bits per heavy atom. The van der Waals surface area contributed by atoms with Crippen molar-refractivity contribution in [3.8, 4) is 0 Å². The van der Waals surface area contributed by atoms with Gasteiger partial charge in [-0.3, -0.25) is 9.69 Å². The summed E-state index contributed by atoms with van der Waals surface area (Å²) in [6, 6.07) is 10.3. The fourth-order valence-corrected chi connectivity index (χ4v) is 2.86. The van der Waals surface area contributed by atoms with E-state index in [9.17, 15) is 4.79 Å². The van der Waals surface area contributed by atoms with Gasteiger partial charge in [-0.1, -0.05) is 24.6 Å². The van der Waals surface area contributed by atoms with E-state index in [1.54, 1.807) is 4.90 Å². The number of carbonyl (C=O) groups excluding carboxylic acids is 1. The molecule has 0 aliphatic carbocycles. The number of likely N-dealkylation sites (tertiary alicyclic amines) is 1. The summed E-state index contributed by atoms with van der Waals surface area (Å²) in [4.78, 5) is 16.5. The maximum atomic E-state index is 12.4. The van der Waals surface area contributed by atoms with Crippen LogP contribution in [0.3, 0.4) is 0 Å². The summed E-state index contributed by atoms with van der Waals surface area (Å²) in [5.74, 6) is 0.153. The monoisotopic (exact) mass is 275 g/mol. The maximum absolute atomic E-state index is 12.4. The first-order valence-corrected chi connectivity index (χ1v) is 7.48. The van der Waals surface area contributed by atoms with Gasteiger partial charge in [0.15, 0.2) is 0 Å². The number of hydrogen-bond acceptors (Lipinski definition) is 3. The summed E-state index contributed by atoms with van der Waals surface area (Å²) in [6.45, 7) is 2.21. The highest BCUT2D eigenvalue weighted by molar-refractivity contribution is 5.94. The average Bonchev–Trinajstić information content (AvgIpc) is 2.49. The molecule has 1 amide bonds. The van der Waals surface area contributed by atoms with Gasteiger partial charge in [-0.2, -0.15) is 0 Å². The van der Waals surface area contributed by atoms with Gasteiger partial charge in [0.05, 0.1) is 6.54 Å². The van der Waals surface area contributed by atoms with Crippen molar-refractivity contribution in [2.24, 2.45) is 5.73 Å². The third-order valence-electron chi connectivity index (χ3n) is 4.10. The predicted molar refractivity (Wildman–Crippen MR) is 82.7 cm³/mol. The first kappa shape index (κ1) is 15.0. The van der Waals surface area contributed by atoms with Crippen LogP contribution in [0.15, 0.2) is 30.3 Å². The summed E-state index contributed by atoms with van der Waals surface area (Å²) in [7, 11) is 1.85. The molecule has 2 N–H and O–H groups in total. The van der Waals surface area contributed by atoms with Crippen LogP contribution in [0.4, 0.5) is 5.69 Å². The third-order valence-corrected chi connectivity index (χ3v) is 4.10. The minimum absolute atomic E-state index is 0.153. The minimum Gasteiger partial charge on any atom is -0.330 e. The molecule has 4 heteroatoms. The van der Waals surface area contributed by atoms with Crippen molar-refractivity contribution in [3.63, 3.8) is 0 Å². The molecule has 110 valence electrons. The Kier molecular flexibility index (Phi) is 5.56. The zero-order valence-electron chi connectivity index (χ0n) is 12.3. The molecule has 1 aromatic rings. The van der Waals surface area contributed by atoms with Gasteiger partial charge in [-0.25, -0.2) is 0 Å². The van der Waals surface area contributed by atoms with Crippen molar-refractivity contribution in [1.29, 1.82) is 0 Å². The Hall–Kier alpha value is -1.39. The van der Waals surface area contributed by atoms with Crippen LogP contribution in [-0.2, 0) is 4.79 Å². The number of hydrogen-bond donors (Lipinski definition) is 1. The van der Waals surface area contributed by atoms with Crippen molar-refractivity contribution in [1.82, 2.24) is 4.90 Å². The lowest BCUT2D eigenvalue weighted by Crippen LogP contribution is -2.46. The quantitative estimate of drug-likeness (QED) is 0.892. The number of rotatable bonds is 5. The van der Waals surface area contributed by atoms with Crippen molar-refractivity contribution in [3.05, 3.63) is 30.3 Å². The van der Waals surface area contributed by atoms with Gasteiger partial charge in [0.1, 0.15) is 0 Å². The summed E-state index contributed by atoms with van der Waals surface area (Å²) in [6.07, 6.45) is 4.59. The molecule has 0 saturated carbocycles. The molecule has 0 radical (unpaired) electrons. The first-order valence-electron chi connectivity index (χ1n) is 7.48. The van der Waals surface area contributed by atoms with Gasteiger partial charge in [0, 0.05) is 18.8 Å². The first-order chi connectivity index (χ1) is 9.72. The Labute approximate surface area is 121 Å². The van der Waals surface area contributed by atoms with Crippen LogP contribution in [-0.4, -0.2) is 43.5 Å². The largest absolute Gasteiger partial charge is 0.330 e. The number of piperidine rings is 1. The van der Waals surface area contributed by atoms with Crippen LogP contribution >= 0.6 is 0 Å². The molecule has 0 spiro atoms. The molecular formula is C16H25N3O. The fraction of sp³-hybridized carbons (Fsp3) is 0.562. The van der Waals surface area contributed by atoms with E-state index in [2.05, 4.69) is 4.90 Å². The molecule has 1 heterocycles. The summed E-state index contributed by atoms with van der Waals surface area (Å²) in [5, 5.41) is 0. The van der Waals surface area contributed by atoms with Gasteiger partial charge in [-0.05, 0) is 44.5 Å². The van der Waals surface area contributed by atoms with Crippen LogP contribution in [0.5, 0.6) is 0 Å². The number of likely N-dealkylation sites (N-methyl/N-ethyl adjacent to an activating group) is 1. The fourth-order valence-electron chi connectivity index (χ4n) is 2.86. The normalized spacial score (nSPS) is 19.8. The minimum atomic E-state index is 0.153. The molecular weight excluding hydrogens is 250 g/mol. The molecule has 1 unspecified atom stereocenters. The molecule has 1 fully saturated rings. The Bertz CT molecular complexity index is 419. The second kappa shape index (κ2) is 7.41. The van der Waals surface area contributed by atoms with Gasteiger partial charge in [0.2, 0.25) is 5.91 Å². The highest BCUT2D eigenvalue weighted by Gasteiger charge is 2.24. The molecule has 0 bridgehead atoms. The van der Waals surface area contributed by atoms with E-state index < -0.39 is 0 Å². The van der Waals surface area contributed by atoms with Crippen LogP contribution in [0.25, 0.3) is 0 Å². The van der Waals surface area contributed by atoms with Gasteiger partial charge >= 0.3 is 0 Å². The number of nitrogens with zero attached hydrogens (tertiary/aromatic N) is 2. The lowest BCUT2D eigenvalue weighted by atomic mass is 9.99. The van der Waals surface area contributed by atoms with E-state index in [0.29, 0.717) is 19.1 Å². The van der Waals surface area contributed by atoms with Crippen LogP contribution in [0, 0.1) is 0 Å². The number of anilines is 1. The standard InChI is InChI=1S/C16H25N3O/c1-18(14-7-3-2-4-8-14)16(20)13-19-12-6-5-9-15(19)10-11-17/h2-4,7-8,15H,5-6,9-13,17H2,1H3. The second-order valence-electron chi connectivity index (χ2n) is 5.49. The Morgan fingerprint density at radius 1 is 1.35 bits per heavy atom. The number of benzene rings is 1. The summed E-state index contributed by atoms with van der Waals surface area (Å²) < 4.78 is 0. The van der Waals surface area contributed by atoms with Crippen LogP contribution in [0.2, 0.25) is 0 Å². The Morgan fingerprint density at radius 2 is 2.10 bits per heavy atom. The van der Waals surface area contributed by atoms with Crippen molar-refractivity contribution < 1.29 is 4.79 Å². The molecule has 1 aliphatic heterocycles. The highest BCUT2D eigenvalue weighted by Crippen LogP contribution is 2.20. The number of nitrogens with two attached hydrogens (primary N) is 1. The maximum Gasteiger partial charge on any atom is 0.240 e. The average molecular weight is 275 g/mol. The van der Waals surface area contributed by atoms with E-state index in [0.717, 1.165) is 18.7 Å². The zero-order chi connectivity index (χ0) is 14.4. The number of carbonyl (C=O) groups is 1. The van der Waals surface area contributed by atoms with Gasteiger partial charge in [0.25, 0.3) is 0 Å². The number of para-hydroxylation sites is 1. The molecule has 4 nitrogen and oxygen atoms in total.